The Morgan fingerprint density at radius 2 is 2.19 bits per heavy atom. The minimum absolute atomic E-state index is 0.0950. The van der Waals surface area contributed by atoms with Gasteiger partial charge in [-0.1, -0.05) is 13.8 Å². The van der Waals surface area contributed by atoms with Gasteiger partial charge in [-0.2, -0.15) is 0 Å². The minimum atomic E-state index is -1.24. The van der Waals surface area contributed by atoms with Crippen LogP contribution in [-0.4, -0.2) is 52.1 Å². The predicted octanol–water partition coefficient (Wildman–Crippen LogP) is 1.83. The first-order valence-corrected chi connectivity index (χ1v) is 6.83. The largest absolute Gasteiger partial charge is 0.478 e. The summed E-state index contributed by atoms with van der Waals surface area (Å²) in [6, 6.07) is 1.02. The smallest absolute Gasteiger partial charge is 0.337 e. The van der Waals surface area contributed by atoms with Gasteiger partial charge in [0.2, 0.25) is 5.82 Å². The summed E-state index contributed by atoms with van der Waals surface area (Å²) in [5.74, 6) is -1.14. The topological polar surface area (TPSA) is 109 Å². The van der Waals surface area contributed by atoms with Crippen molar-refractivity contribution in [3.8, 4) is 0 Å². The number of carbonyl (C=O) groups is 1. The molecule has 0 aromatic carbocycles. The van der Waals surface area contributed by atoms with Gasteiger partial charge in [0, 0.05) is 25.4 Å². The van der Waals surface area contributed by atoms with E-state index in [1.54, 1.807) is 0 Å². The van der Waals surface area contributed by atoms with Crippen LogP contribution in [0.2, 0.25) is 0 Å². The van der Waals surface area contributed by atoms with Crippen molar-refractivity contribution in [2.24, 2.45) is 0 Å². The molecule has 8 nitrogen and oxygen atoms in total. The van der Waals surface area contributed by atoms with E-state index in [0.29, 0.717) is 6.54 Å². The fourth-order valence-electron chi connectivity index (χ4n) is 1.92. The monoisotopic (exact) mass is 296 g/mol. The molecular weight excluding hydrogens is 276 g/mol. The van der Waals surface area contributed by atoms with Crippen molar-refractivity contribution in [2.45, 2.75) is 20.3 Å². The predicted molar refractivity (Wildman–Crippen MR) is 78.7 cm³/mol. The molecule has 21 heavy (non-hydrogen) atoms. The number of nitro groups is 1. The van der Waals surface area contributed by atoms with Crippen LogP contribution in [0.25, 0.3) is 0 Å². The van der Waals surface area contributed by atoms with Gasteiger partial charge in [0.1, 0.15) is 0 Å². The Bertz CT molecular complexity index is 507. The summed E-state index contributed by atoms with van der Waals surface area (Å²) >= 11 is 0. The van der Waals surface area contributed by atoms with Gasteiger partial charge < -0.3 is 15.3 Å². The van der Waals surface area contributed by atoms with E-state index >= 15 is 0 Å². The molecule has 0 unspecified atom stereocenters. The van der Waals surface area contributed by atoms with Gasteiger partial charge >= 0.3 is 11.7 Å². The third-order valence-corrected chi connectivity index (χ3v) is 3.02. The Kier molecular flexibility index (Phi) is 6.54. The maximum atomic E-state index is 11.0. The third-order valence-electron chi connectivity index (χ3n) is 3.02. The maximum absolute atomic E-state index is 11.0. The average Bonchev–Trinajstić information content (AvgIpc) is 2.46. The van der Waals surface area contributed by atoms with Crippen molar-refractivity contribution < 1.29 is 14.8 Å². The van der Waals surface area contributed by atoms with Gasteiger partial charge in [-0.25, -0.2) is 9.78 Å². The molecule has 0 atom stereocenters. The SMILES string of the molecule is CCCN(CC)CCNc1ncc(C(=O)O)cc1[N+](=O)[O-]. The highest BCUT2D eigenvalue weighted by molar-refractivity contribution is 5.88. The lowest BCUT2D eigenvalue weighted by atomic mass is 10.2. The van der Waals surface area contributed by atoms with Crippen LogP contribution in [0.4, 0.5) is 11.5 Å². The Morgan fingerprint density at radius 3 is 2.71 bits per heavy atom. The zero-order chi connectivity index (χ0) is 15.8. The summed E-state index contributed by atoms with van der Waals surface area (Å²) in [6.45, 7) is 7.26. The fourth-order valence-corrected chi connectivity index (χ4v) is 1.92. The van der Waals surface area contributed by atoms with E-state index in [4.69, 9.17) is 5.11 Å². The number of hydrogen-bond donors (Lipinski definition) is 2. The molecule has 1 aromatic rings. The number of rotatable bonds is 9. The van der Waals surface area contributed by atoms with Crippen molar-refractivity contribution >= 4 is 17.5 Å². The molecule has 0 saturated heterocycles. The number of aromatic nitrogens is 1. The number of pyridine rings is 1. The van der Waals surface area contributed by atoms with E-state index < -0.39 is 10.9 Å². The summed E-state index contributed by atoms with van der Waals surface area (Å²) in [5, 5.41) is 22.7. The second-order valence-electron chi connectivity index (χ2n) is 4.52. The molecule has 0 aliphatic heterocycles. The van der Waals surface area contributed by atoms with Gasteiger partial charge in [0.15, 0.2) is 0 Å². The van der Waals surface area contributed by atoms with Gasteiger partial charge in [-0.3, -0.25) is 10.1 Å². The van der Waals surface area contributed by atoms with E-state index in [2.05, 4.69) is 29.0 Å². The van der Waals surface area contributed by atoms with Crippen molar-refractivity contribution in [3.63, 3.8) is 0 Å². The molecule has 0 amide bonds. The Balaban J connectivity index is 2.74. The number of aromatic carboxylic acids is 1. The number of nitrogens with one attached hydrogen (secondary N) is 1. The lowest BCUT2D eigenvalue weighted by Gasteiger charge is -2.19. The zero-order valence-corrected chi connectivity index (χ0v) is 12.2. The van der Waals surface area contributed by atoms with E-state index in [1.165, 1.54) is 0 Å². The summed E-state index contributed by atoms with van der Waals surface area (Å²) in [4.78, 5) is 27.2. The van der Waals surface area contributed by atoms with Crippen molar-refractivity contribution in [2.75, 3.05) is 31.5 Å². The van der Waals surface area contributed by atoms with E-state index in [9.17, 15) is 14.9 Å². The van der Waals surface area contributed by atoms with Crippen LogP contribution < -0.4 is 5.32 Å². The first kappa shape index (κ1) is 16.8. The van der Waals surface area contributed by atoms with Gasteiger partial charge in [-0.05, 0) is 19.5 Å². The van der Waals surface area contributed by atoms with Crippen LogP contribution in [0, 0.1) is 10.1 Å². The van der Waals surface area contributed by atoms with E-state index in [-0.39, 0.29) is 17.1 Å². The molecule has 0 radical (unpaired) electrons. The second-order valence-corrected chi connectivity index (χ2v) is 4.52. The highest BCUT2D eigenvalue weighted by Gasteiger charge is 2.18. The number of hydrogen-bond acceptors (Lipinski definition) is 6. The lowest BCUT2D eigenvalue weighted by Crippen LogP contribution is -2.29. The van der Waals surface area contributed by atoms with Crippen LogP contribution in [0.15, 0.2) is 12.3 Å². The normalized spacial score (nSPS) is 10.6. The molecule has 116 valence electrons. The molecule has 8 heteroatoms. The van der Waals surface area contributed by atoms with Gasteiger partial charge in [0.05, 0.1) is 10.5 Å². The molecular formula is C13H20N4O4. The first-order valence-electron chi connectivity index (χ1n) is 6.83. The molecule has 1 heterocycles. The molecule has 0 saturated carbocycles. The van der Waals surface area contributed by atoms with Crippen LogP contribution in [0.5, 0.6) is 0 Å². The molecule has 0 aliphatic carbocycles. The highest BCUT2D eigenvalue weighted by Crippen LogP contribution is 2.22. The fraction of sp³-hybridized carbons (Fsp3) is 0.538. The average molecular weight is 296 g/mol. The zero-order valence-electron chi connectivity index (χ0n) is 12.2. The molecule has 0 fully saturated rings. The van der Waals surface area contributed by atoms with Crippen LogP contribution in [0.3, 0.4) is 0 Å². The van der Waals surface area contributed by atoms with Crippen LogP contribution >= 0.6 is 0 Å². The van der Waals surface area contributed by atoms with Crippen molar-refractivity contribution in [3.05, 3.63) is 27.9 Å². The van der Waals surface area contributed by atoms with Gasteiger partial charge in [0.25, 0.3) is 0 Å². The van der Waals surface area contributed by atoms with E-state index in [1.807, 2.05) is 0 Å². The second kappa shape index (κ2) is 8.15. The summed E-state index contributed by atoms with van der Waals surface area (Å²) < 4.78 is 0. The number of nitrogens with zero attached hydrogens (tertiary/aromatic N) is 3. The van der Waals surface area contributed by atoms with Crippen LogP contribution in [-0.2, 0) is 0 Å². The molecule has 0 bridgehead atoms. The maximum Gasteiger partial charge on any atom is 0.337 e. The highest BCUT2D eigenvalue weighted by atomic mass is 16.6. The molecule has 0 spiro atoms. The minimum Gasteiger partial charge on any atom is -0.478 e. The Labute approximate surface area is 122 Å². The van der Waals surface area contributed by atoms with Crippen molar-refractivity contribution in [1.82, 2.24) is 9.88 Å². The summed E-state index contributed by atoms with van der Waals surface area (Å²) in [5.41, 5.74) is -0.526. The standard InChI is InChI=1S/C13H20N4O4/c1-3-6-16(4-2)7-5-14-12-11(17(20)21)8-10(9-15-12)13(18)19/h8-9H,3-7H2,1-2H3,(H,14,15)(H,18,19). The van der Waals surface area contributed by atoms with E-state index in [0.717, 1.165) is 38.3 Å². The Hall–Kier alpha value is -2.22. The quantitative estimate of drug-likeness (QED) is 0.528. The number of carboxylic acid groups (broad SMARTS) is 1. The third kappa shape index (κ3) is 4.99. The summed E-state index contributed by atoms with van der Waals surface area (Å²) in [6.07, 6.45) is 2.15. The molecule has 1 rings (SSSR count). The lowest BCUT2D eigenvalue weighted by molar-refractivity contribution is -0.384. The molecule has 2 N–H and O–H groups in total. The summed E-state index contributed by atoms with van der Waals surface area (Å²) in [7, 11) is 0. The number of likely N-dealkylation sites (N-methyl/N-ethyl adjacent to an activating group) is 1. The molecule has 1 aromatic heterocycles. The molecule has 0 aliphatic rings. The first-order chi connectivity index (χ1) is 9.99. The Morgan fingerprint density at radius 1 is 1.48 bits per heavy atom. The van der Waals surface area contributed by atoms with Gasteiger partial charge in [-0.15, -0.1) is 0 Å². The van der Waals surface area contributed by atoms with Crippen LogP contribution in [0.1, 0.15) is 30.6 Å². The number of anilines is 1. The van der Waals surface area contributed by atoms with Crippen molar-refractivity contribution in [1.29, 1.82) is 0 Å². The number of carboxylic acids is 1.